The van der Waals surface area contributed by atoms with E-state index in [4.69, 9.17) is 4.74 Å². The molecule has 34 heavy (non-hydrogen) atoms. The van der Waals surface area contributed by atoms with E-state index in [1.807, 2.05) is 0 Å². The lowest BCUT2D eigenvalue weighted by molar-refractivity contribution is -0.122. The van der Waals surface area contributed by atoms with Crippen LogP contribution in [0.2, 0.25) is 0 Å². The number of amides is 2. The van der Waals surface area contributed by atoms with E-state index < -0.39 is 5.97 Å². The summed E-state index contributed by atoms with van der Waals surface area (Å²) in [5.41, 5.74) is 1.57. The summed E-state index contributed by atoms with van der Waals surface area (Å²) in [7, 11) is 1.28. The van der Waals surface area contributed by atoms with Gasteiger partial charge in [-0.15, -0.1) is 11.3 Å². The number of thiophene rings is 1. The van der Waals surface area contributed by atoms with Crippen LogP contribution in [-0.2, 0) is 33.7 Å². The van der Waals surface area contributed by atoms with E-state index in [1.54, 1.807) is 35.6 Å². The molecule has 0 radical (unpaired) electrons. The lowest BCUT2D eigenvalue weighted by Gasteiger charge is -2.11. The number of fused-ring (bicyclic) bond motifs is 3. The maximum absolute atomic E-state index is 13.0. The number of anilines is 1. The minimum absolute atomic E-state index is 0.120. The van der Waals surface area contributed by atoms with E-state index in [1.165, 1.54) is 22.9 Å². The van der Waals surface area contributed by atoms with E-state index >= 15 is 0 Å². The van der Waals surface area contributed by atoms with Crippen molar-refractivity contribution < 1.29 is 19.1 Å². The van der Waals surface area contributed by atoms with E-state index in [0.717, 1.165) is 36.1 Å². The van der Waals surface area contributed by atoms with Crippen LogP contribution in [0.3, 0.4) is 0 Å². The number of esters is 1. The third kappa shape index (κ3) is 5.17. The molecule has 1 aliphatic carbocycles. The standard InChI is InChI=1S/C24H26N4O5S/c1-33-24(32)15-7-2-4-9-17(15)27-19(29)11-6-12-25-20(30)13-28-14-26-22-21(23(28)31)16-8-3-5-10-18(16)34-22/h2,4,7,9,14H,3,5-6,8,10-13H2,1H3,(H,25,30)(H,27,29). The average molecular weight is 483 g/mol. The maximum Gasteiger partial charge on any atom is 0.339 e. The predicted octanol–water partition coefficient (Wildman–Crippen LogP) is 2.66. The van der Waals surface area contributed by atoms with Crippen LogP contribution in [0.15, 0.2) is 35.4 Å². The fourth-order valence-electron chi connectivity index (χ4n) is 4.07. The van der Waals surface area contributed by atoms with E-state index in [-0.39, 0.29) is 42.4 Å². The Kier molecular flexibility index (Phi) is 7.36. The summed E-state index contributed by atoms with van der Waals surface area (Å²) in [6, 6.07) is 6.59. The van der Waals surface area contributed by atoms with Crippen molar-refractivity contribution in [2.45, 2.75) is 45.1 Å². The zero-order chi connectivity index (χ0) is 24.1. The van der Waals surface area contributed by atoms with Crippen molar-refractivity contribution in [3.05, 3.63) is 57.0 Å². The van der Waals surface area contributed by atoms with Gasteiger partial charge in [-0.3, -0.25) is 19.0 Å². The van der Waals surface area contributed by atoms with Crippen LogP contribution in [-0.4, -0.2) is 41.0 Å². The molecule has 9 nitrogen and oxygen atoms in total. The Balaban J connectivity index is 1.28. The van der Waals surface area contributed by atoms with Gasteiger partial charge < -0.3 is 15.4 Å². The van der Waals surface area contributed by atoms with Crippen LogP contribution in [0.4, 0.5) is 5.69 Å². The van der Waals surface area contributed by atoms with Gasteiger partial charge in [0.1, 0.15) is 11.4 Å². The molecule has 0 unspecified atom stereocenters. The van der Waals surface area contributed by atoms with Gasteiger partial charge in [0.15, 0.2) is 0 Å². The number of benzene rings is 1. The molecule has 0 fully saturated rings. The Hall–Kier alpha value is -3.53. The van der Waals surface area contributed by atoms with Crippen LogP contribution in [0, 0.1) is 0 Å². The highest BCUT2D eigenvalue weighted by Crippen LogP contribution is 2.33. The largest absolute Gasteiger partial charge is 0.465 e. The summed E-state index contributed by atoms with van der Waals surface area (Å²) in [5, 5.41) is 6.09. The van der Waals surface area contributed by atoms with E-state index in [9.17, 15) is 19.2 Å². The molecule has 2 heterocycles. The number of hydrogen-bond acceptors (Lipinski definition) is 7. The molecule has 2 N–H and O–H groups in total. The molecule has 0 atom stereocenters. The van der Waals surface area contributed by atoms with Crippen LogP contribution >= 0.6 is 11.3 Å². The van der Waals surface area contributed by atoms with Crippen LogP contribution in [0.5, 0.6) is 0 Å². The molecule has 3 aromatic rings. The normalized spacial score (nSPS) is 12.7. The van der Waals surface area contributed by atoms with Crippen molar-refractivity contribution in [2.75, 3.05) is 19.0 Å². The molecular formula is C24H26N4O5S. The Labute approximate surface area is 200 Å². The molecule has 4 rings (SSSR count). The Morgan fingerprint density at radius 1 is 1.15 bits per heavy atom. The number of aromatic nitrogens is 2. The highest BCUT2D eigenvalue weighted by Gasteiger charge is 2.20. The van der Waals surface area contributed by atoms with Gasteiger partial charge in [0.2, 0.25) is 11.8 Å². The number of hydrogen-bond donors (Lipinski definition) is 2. The van der Waals surface area contributed by atoms with Crippen molar-refractivity contribution in [3.63, 3.8) is 0 Å². The fourth-order valence-corrected chi connectivity index (χ4v) is 5.29. The molecule has 0 saturated carbocycles. The summed E-state index contributed by atoms with van der Waals surface area (Å²) < 4.78 is 6.06. The number of carbonyl (C=O) groups is 3. The SMILES string of the molecule is COC(=O)c1ccccc1NC(=O)CCCNC(=O)Cn1cnc2sc3c(c2c1=O)CCCC3. The molecule has 1 aliphatic rings. The van der Waals surface area contributed by atoms with E-state index in [0.29, 0.717) is 17.5 Å². The highest BCUT2D eigenvalue weighted by molar-refractivity contribution is 7.18. The van der Waals surface area contributed by atoms with Crippen LogP contribution in [0.1, 0.15) is 46.5 Å². The van der Waals surface area contributed by atoms with E-state index in [2.05, 4.69) is 15.6 Å². The van der Waals surface area contributed by atoms with Crippen molar-refractivity contribution >= 4 is 45.0 Å². The van der Waals surface area contributed by atoms with Gasteiger partial charge >= 0.3 is 5.97 Å². The molecular weight excluding hydrogens is 456 g/mol. The molecule has 0 spiro atoms. The molecule has 2 aromatic heterocycles. The zero-order valence-electron chi connectivity index (χ0n) is 18.9. The smallest absolute Gasteiger partial charge is 0.339 e. The monoisotopic (exact) mass is 482 g/mol. The molecule has 1 aromatic carbocycles. The van der Waals surface area contributed by atoms with Crippen molar-refractivity contribution in [2.24, 2.45) is 0 Å². The number of nitrogens with one attached hydrogen (secondary N) is 2. The first-order chi connectivity index (χ1) is 16.5. The number of ether oxygens (including phenoxy) is 1. The topological polar surface area (TPSA) is 119 Å². The molecule has 2 amide bonds. The summed E-state index contributed by atoms with van der Waals surface area (Å²) in [4.78, 5) is 55.7. The van der Waals surface area contributed by atoms with Gasteiger partial charge in [-0.1, -0.05) is 12.1 Å². The van der Waals surface area contributed by atoms with Crippen molar-refractivity contribution in [1.29, 1.82) is 0 Å². The van der Waals surface area contributed by atoms with Gasteiger partial charge in [-0.25, -0.2) is 9.78 Å². The Morgan fingerprint density at radius 3 is 2.76 bits per heavy atom. The first-order valence-electron chi connectivity index (χ1n) is 11.2. The first-order valence-corrected chi connectivity index (χ1v) is 12.0. The molecule has 10 heteroatoms. The van der Waals surface area contributed by atoms with Gasteiger partial charge in [-0.2, -0.15) is 0 Å². The van der Waals surface area contributed by atoms with Gasteiger partial charge in [-0.05, 0) is 49.8 Å². The first kappa shape index (κ1) is 23.6. The number of methoxy groups -OCH3 is 1. The van der Waals surface area contributed by atoms with Crippen LogP contribution < -0.4 is 16.2 Å². The van der Waals surface area contributed by atoms with Gasteiger partial charge in [0.25, 0.3) is 5.56 Å². The highest BCUT2D eigenvalue weighted by atomic mass is 32.1. The predicted molar refractivity (Wildman–Crippen MR) is 129 cm³/mol. The average Bonchev–Trinajstić information content (AvgIpc) is 3.23. The lowest BCUT2D eigenvalue weighted by Crippen LogP contribution is -2.33. The Bertz CT molecular complexity index is 1300. The second-order valence-corrected chi connectivity index (χ2v) is 9.19. The van der Waals surface area contributed by atoms with Crippen molar-refractivity contribution in [1.82, 2.24) is 14.9 Å². The second-order valence-electron chi connectivity index (χ2n) is 8.11. The number of carbonyl (C=O) groups excluding carboxylic acids is 3. The number of para-hydroxylation sites is 1. The minimum atomic E-state index is -0.533. The zero-order valence-corrected chi connectivity index (χ0v) is 19.7. The summed E-state index contributed by atoms with van der Waals surface area (Å²) in [5.74, 6) is -1.13. The summed E-state index contributed by atoms with van der Waals surface area (Å²) >= 11 is 1.58. The number of rotatable bonds is 8. The number of aryl methyl sites for hydroxylation is 2. The second kappa shape index (κ2) is 10.6. The van der Waals surface area contributed by atoms with Crippen LogP contribution in [0.25, 0.3) is 10.2 Å². The third-order valence-electron chi connectivity index (χ3n) is 5.77. The molecule has 0 aliphatic heterocycles. The minimum Gasteiger partial charge on any atom is -0.465 e. The molecule has 0 bridgehead atoms. The lowest BCUT2D eigenvalue weighted by atomic mass is 9.97. The number of nitrogens with zero attached hydrogens (tertiary/aromatic N) is 2. The molecule has 0 saturated heterocycles. The summed E-state index contributed by atoms with van der Waals surface area (Å²) in [6.45, 7) is 0.161. The molecule has 178 valence electrons. The quantitative estimate of drug-likeness (QED) is 0.376. The van der Waals surface area contributed by atoms with Crippen molar-refractivity contribution in [3.8, 4) is 0 Å². The summed E-state index contributed by atoms with van der Waals surface area (Å²) in [6.07, 6.45) is 6.05. The van der Waals surface area contributed by atoms with Gasteiger partial charge in [0, 0.05) is 17.8 Å². The fraction of sp³-hybridized carbons (Fsp3) is 0.375. The maximum atomic E-state index is 13.0. The van der Waals surface area contributed by atoms with Gasteiger partial charge in [0.05, 0.1) is 30.1 Å². The third-order valence-corrected chi connectivity index (χ3v) is 6.96. The Morgan fingerprint density at radius 2 is 1.94 bits per heavy atom.